The summed E-state index contributed by atoms with van der Waals surface area (Å²) in [6.45, 7) is 4.26. The molecule has 4 aromatic rings. The van der Waals surface area contributed by atoms with Crippen LogP contribution in [0.1, 0.15) is 58.5 Å². The second kappa shape index (κ2) is 10.7. The molecule has 1 aromatic carbocycles. The van der Waals surface area contributed by atoms with Gasteiger partial charge in [-0.15, -0.1) is 21.5 Å². The predicted molar refractivity (Wildman–Crippen MR) is 152 cm³/mol. The highest BCUT2D eigenvalue weighted by Crippen LogP contribution is 2.36. The zero-order valence-electron chi connectivity index (χ0n) is 22.7. The molecule has 2 atom stereocenters. The van der Waals surface area contributed by atoms with Crippen molar-refractivity contribution in [1.82, 2.24) is 25.1 Å². The molecule has 0 radical (unpaired) electrons. The molecule has 4 heterocycles. The van der Waals surface area contributed by atoms with Crippen LogP contribution in [0, 0.1) is 6.92 Å². The van der Waals surface area contributed by atoms with Gasteiger partial charge in [-0.2, -0.15) is 0 Å². The monoisotopic (exact) mass is 581 g/mol. The van der Waals surface area contributed by atoms with Gasteiger partial charge in [-0.25, -0.2) is 18.4 Å². The third-order valence-electron chi connectivity index (χ3n) is 6.86. The Balaban J connectivity index is 1.51. The lowest BCUT2D eigenvalue weighted by Gasteiger charge is -2.24. The molecule has 1 aliphatic rings. The molecular weight excluding hydrogens is 550 g/mol. The first-order valence-corrected chi connectivity index (χ1v) is 15.5. The number of aryl methyl sites for hydroxylation is 1. The van der Waals surface area contributed by atoms with Crippen LogP contribution in [0.15, 0.2) is 52.3 Å². The zero-order chi connectivity index (χ0) is 28.7. The summed E-state index contributed by atoms with van der Waals surface area (Å²) in [5.74, 6) is 0.0530. The Morgan fingerprint density at radius 3 is 2.65 bits per heavy atom. The summed E-state index contributed by atoms with van der Waals surface area (Å²) >= 11 is 1.52. The van der Waals surface area contributed by atoms with Crippen LogP contribution < -0.4 is 10.0 Å². The Bertz CT molecular complexity index is 1630. The fourth-order valence-corrected chi connectivity index (χ4v) is 6.06. The van der Waals surface area contributed by atoms with Gasteiger partial charge in [-0.05, 0) is 50.8 Å². The molecule has 2 N–H and O–H groups in total. The second-order valence-corrected chi connectivity index (χ2v) is 13.2. The van der Waals surface area contributed by atoms with Crippen LogP contribution in [0.25, 0.3) is 11.5 Å². The van der Waals surface area contributed by atoms with Gasteiger partial charge in [0.1, 0.15) is 16.5 Å². The van der Waals surface area contributed by atoms with Crippen LogP contribution >= 0.6 is 11.3 Å². The topological polar surface area (TPSA) is 148 Å². The van der Waals surface area contributed by atoms with E-state index in [-0.39, 0.29) is 35.2 Å². The summed E-state index contributed by atoms with van der Waals surface area (Å²) in [6.07, 6.45) is 3.15. The molecule has 0 bridgehead atoms. The number of hydrogen-bond donors (Lipinski definition) is 1. The molecular formula is C27H31N7O4S2. The molecule has 13 heteroatoms. The van der Waals surface area contributed by atoms with Crippen molar-refractivity contribution >= 4 is 33.1 Å². The van der Waals surface area contributed by atoms with E-state index >= 15 is 0 Å². The van der Waals surface area contributed by atoms with Gasteiger partial charge >= 0.3 is 0 Å². The van der Waals surface area contributed by atoms with Crippen molar-refractivity contribution in [2.75, 3.05) is 24.2 Å². The minimum Gasteiger partial charge on any atom is -0.419 e. The number of likely N-dealkylation sites (tertiary alicyclic amines) is 1. The number of sulfonamides is 1. The van der Waals surface area contributed by atoms with Crippen molar-refractivity contribution in [3.63, 3.8) is 0 Å². The molecule has 0 unspecified atom stereocenters. The predicted octanol–water partition coefficient (Wildman–Crippen LogP) is 3.69. The Morgan fingerprint density at radius 2 is 1.98 bits per heavy atom. The maximum atomic E-state index is 13.8. The fourth-order valence-electron chi connectivity index (χ4n) is 4.69. The van der Waals surface area contributed by atoms with Crippen molar-refractivity contribution in [1.29, 1.82) is 0 Å². The maximum Gasteiger partial charge on any atom is 0.273 e. The number of benzene rings is 1. The average Bonchev–Trinajstić information content (AvgIpc) is 3.68. The Labute approximate surface area is 237 Å². The average molecular weight is 582 g/mol. The van der Waals surface area contributed by atoms with E-state index in [1.165, 1.54) is 24.5 Å². The molecule has 0 aliphatic carbocycles. The van der Waals surface area contributed by atoms with Gasteiger partial charge < -0.3 is 15.1 Å². The van der Waals surface area contributed by atoms with E-state index in [2.05, 4.69) is 20.2 Å². The van der Waals surface area contributed by atoms with Gasteiger partial charge in [0, 0.05) is 30.2 Å². The van der Waals surface area contributed by atoms with Crippen LogP contribution in [-0.4, -0.2) is 59.2 Å². The van der Waals surface area contributed by atoms with E-state index in [0.717, 1.165) is 39.7 Å². The Kier molecular flexibility index (Phi) is 7.46. The quantitative estimate of drug-likeness (QED) is 0.329. The van der Waals surface area contributed by atoms with E-state index < -0.39 is 15.6 Å². The second-order valence-electron chi connectivity index (χ2n) is 10.3. The fraction of sp³-hybridized carbons (Fsp3) is 0.370. The Morgan fingerprint density at radius 1 is 1.23 bits per heavy atom. The van der Waals surface area contributed by atoms with Crippen molar-refractivity contribution in [3.8, 4) is 11.5 Å². The molecule has 1 saturated heterocycles. The van der Waals surface area contributed by atoms with Gasteiger partial charge in [0.15, 0.2) is 0 Å². The zero-order valence-corrected chi connectivity index (χ0v) is 24.4. The molecule has 1 aliphatic heterocycles. The summed E-state index contributed by atoms with van der Waals surface area (Å²) in [6, 6.07) is 12.6. The van der Waals surface area contributed by atoms with Crippen LogP contribution in [-0.2, 0) is 22.0 Å². The number of thiazole rings is 1. The molecule has 0 saturated carbocycles. The highest BCUT2D eigenvalue weighted by molar-refractivity contribution is 7.92. The number of pyridine rings is 1. The SMILES string of the molecule is Cc1csc([C@H]2CCCN2C(=O)c2cc(-c3nnc([C@@](C)(N)Cc4ccccc4)o3)cc(N(C)S(C)(=O)=O)n2)n1. The first-order valence-electron chi connectivity index (χ1n) is 12.8. The number of carbonyl (C=O) groups is 1. The smallest absolute Gasteiger partial charge is 0.273 e. The number of nitrogens with two attached hydrogens (primary N) is 1. The largest absolute Gasteiger partial charge is 0.419 e. The summed E-state index contributed by atoms with van der Waals surface area (Å²) < 4.78 is 31.8. The lowest BCUT2D eigenvalue weighted by molar-refractivity contribution is 0.0729. The third-order valence-corrected chi connectivity index (χ3v) is 9.11. The molecule has 5 rings (SSSR count). The van der Waals surface area contributed by atoms with Crippen molar-refractivity contribution < 1.29 is 17.6 Å². The van der Waals surface area contributed by atoms with Gasteiger partial charge in [0.25, 0.3) is 5.91 Å². The number of amides is 1. The molecule has 11 nitrogen and oxygen atoms in total. The first kappa shape index (κ1) is 27.9. The van der Waals surface area contributed by atoms with Crippen LogP contribution in [0.4, 0.5) is 5.82 Å². The standard InChI is InChI=1S/C27H31N7O4S2/c1-17-16-39-24(29-17)21-11-8-12-34(21)25(35)20-13-19(14-22(30-20)33(3)40(4,36)37)23-31-32-26(38-23)27(2,28)15-18-9-6-5-7-10-18/h5-7,9-10,13-14,16,21H,8,11-12,15,28H2,1-4H3/t21-,27+/m1/s1. The van der Waals surface area contributed by atoms with E-state index in [1.807, 2.05) is 42.6 Å². The highest BCUT2D eigenvalue weighted by atomic mass is 32.2. The number of carbonyl (C=O) groups excluding carboxylic acids is 1. The normalized spacial score (nSPS) is 17.1. The van der Waals surface area contributed by atoms with Gasteiger partial charge in [-0.1, -0.05) is 30.3 Å². The molecule has 40 heavy (non-hydrogen) atoms. The van der Waals surface area contributed by atoms with Crippen LogP contribution in [0.3, 0.4) is 0 Å². The van der Waals surface area contributed by atoms with E-state index in [0.29, 0.717) is 18.5 Å². The molecule has 1 fully saturated rings. The summed E-state index contributed by atoms with van der Waals surface area (Å²) in [4.78, 5) is 24.6. The van der Waals surface area contributed by atoms with E-state index in [9.17, 15) is 13.2 Å². The number of rotatable bonds is 8. The third kappa shape index (κ3) is 5.76. The lowest BCUT2D eigenvalue weighted by atomic mass is 9.94. The van der Waals surface area contributed by atoms with Gasteiger partial charge in [-0.3, -0.25) is 9.10 Å². The number of hydrogen-bond acceptors (Lipinski definition) is 10. The summed E-state index contributed by atoms with van der Waals surface area (Å²) in [5, 5.41) is 11.2. The van der Waals surface area contributed by atoms with Crippen molar-refractivity contribution in [3.05, 3.63) is 75.7 Å². The first-order chi connectivity index (χ1) is 18.9. The maximum absolute atomic E-state index is 13.8. The highest BCUT2D eigenvalue weighted by Gasteiger charge is 2.34. The minimum atomic E-state index is -3.67. The van der Waals surface area contributed by atoms with Crippen molar-refractivity contribution in [2.24, 2.45) is 5.73 Å². The number of anilines is 1. The lowest BCUT2D eigenvalue weighted by Crippen LogP contribution is -2.35. The summed E-state index contributed by atoms with van der Waals surface area (Å²) in [5.41, 5.74) is 7.96. The van der Waals surface area contributed by atoms with E-state index in [4.69, 9.17) is 10.2 Å². The number of aromatic nitrogens is 4. The number of nitrogens with zero attached hydrogens (tertiary/aromatic N) is 6. The van der Waals surface area contributed by atoms with Gasteiger partial charge in [0.2, 0.25) is 21.8 Å². The van der Waals surface area contributed by atoms with Gasteiger partial charge in [0.05, 0.1) is 17.8 Å². The molecule has 0 spiro atoms. The van der Waals surface area contributed by atoms with Crippen molar-refractivity contribution in [2.45, 2.75) is 44.7 Å². The van der Waals surface area contributed by atoms with Crippen LogP contribution in [0.2, 0.25) is 0 Å². The van der Waals surface area contributed by atoms with E-state index in [1.54, 1.807) is 17.9 Å². The minimum absolute atomic E-state index is 0.0590. The molecule has 3 aromatic heterocycles. The Hall–Kier alpha value is -3.68. The summed E-state index contributed by atoms with van der Waals surface area (Å²) in [7, 11) is -2.29. The molecule has 210 valence electrons. The van der Waals surface area contributed by atoms with Crippen LogP contribution in [0.5, 0.6) is 0 Å². The molecule has 1 amide bonds.